The summed E-state index contributed by atoms with van der Waals surface area (Å²) in [7, 11) is 0. The van der Waals surface area contributed by atoms with Gasteiger partial charge in [-0.15, -0.1) is 10.2 Å². The lowest BCUT2D eigenvalue weighted by Gasteiger charge is -1.90. The van der Waals surface area contributed by atoms with Gasteiger partial charge in [0.05, 0.1) is 5.69 Å². The highest BCUT2D eigenvalue weighted by molar-refractivity contribution is 8.00. The van der Waals surface area contributed by atoms with Crippen molar-refractivity contribution in [2.75, 3.05) is 5.73 Å². The highest BCUT2D eigenvalue weighted by Gasteiger charge is 2.05. The lowest BCUT2D eigenvalue weighted by atomic mass is 10.5. The van der Waals surface area contributed by atoms with Gasteiger partial charge in [0.25, 0.3) is 0 Å². The van der Waals surface area contributed by atoms with Gasteiger partial charge in [-0.3, -0.25) is 0 Å². The van der Waals surface area contributed by atoms with Crippen LogP contribution in [0.4, 0.5) is 5.13 Å². The maximum Gasteiger partial charge on any atom is 0.203 e. The van der Waals surface area contributed by atoms with Crippen molar-refractivity contribution in [2.24, 2.45) is 0 Å². The van der Waals surface area contributed by atoms with Crippen LogP contribution in [0.25, 0.3) is 5.65 Å². The second-order valence-electron chi connectivity index (χ2n) is 3.39. The molecular formula is C10H9N5S2. The zero-order valence-electron chi connectivity index (χ0n) is 8.78. The Kier molecular flexibility index (Phi) is 2.69. The molecular weight excluding hydrogens is 254 g/mol. The molecule has 17 heavy (non-hydrogen) atoms. The van der Waals surface area contributed by atoms with Crippen LogP contribution in [0.5, 0.6) is 0 Å². The molecule has 0 fully saturated rings. The molecule has 0 radical (unpaired) electrons. The van der Waals surface area contributed by atoms with E-state index in [2.05, 4.69) is 15.2 Å². The minimum absolute atomic E-state index is 0.502. The number of pyridine rings is 1. The first-order valence-electron chi connectivity index (χ1n) is 4.96. The molecule has 3 aromatic heterocycles. The zero-order valence-corrected chi connectivity index (χ0v) is 10.4. The van der Waals surface area contributed by atoms with Crippen LogP contribution in [0, 0.1) is 0 Å². The van der Waals surface area contributed by atoms with Crippen molar-refractivity contribution in [3.8, 4) is 0 Å². The van der Waals surface area contributed by atoms with Crippen molar-refractivity contribution in [1.29, 1.82) is 0 Å². The van der Waals surface area contributed by atoms with Gasteiger partial charge < -0.3 is 10.1 Å². The molecule has 0 amide bonds. The van der Waals surface area contributed by atoms with Crippen molar-refractivity contribution < 1.29 is 0 Å². The number of thioether (sulfide) groups is 1. The largest absolute Gasteiger partial charge is 0.374 e. The second kappa shape index (κ2) is 4.34. The summed E-state index contributed by atoms with van der Waals surface area (Å²) in [5.41, 5.74) is 7.50. The smallest absolute Gasteiger partial charge is 0.203 e. The molecule has 0 unspecified atom stereocenters. The minimum atomic E-state index is 0.502. The topological polar surface area (TPSA) is 69.1 Å². The summed E-state index contributed by atoms with van der Waals surface area (Å²) in [6.45, 7) is 0. The van der Waals surface area contributed by atoms with E-state index >= 15 is 0 Å². The predicted molar refractivity (Wildman–Crippen MR) is 69.1 cm³/mol. The van der Waals surface area contributed by atoms with E-state index in [4.69, 9.17) is 5.73 Å². The van der Waals surface area contributed by atoms with E-state index in [-0.39, 0.29) is 0 Å². The second-order valence-corrected chi connectivity index (χ2v) is 5.62. The van der Waals surface area contributed by atoms with E-state index in [1.165, 1.54) is 11.3 Å². The predicted octanol–water partition coefficient (Wildman–Crippen LogP) is 2.06. The summed E-state index contributed by atoms with van der Waals surface area (Å²) in [5, 5.41) is 8.23. The molecule has 3 aromatic rings. The van der Waals surface area contributed by atoms with Crippen LogP contribution in [0.15, 0.2) is 34.9 Å². The Balaban J connectivity index is 1.76. The van der Waals surface area contributed by atoms with E-state index in [0.29, 0.717) is 5.13 Å². The summed E-state index contributed by atoms with van der Waals surface area (Å²) in [5.74, 6) is 0.774. The van der Waals surface area contributed by atoms with Gasteiger partial charge in [-0.05, 0) is 12.1 Å². The lowest BCUT2D eigenvalue weighted by Crippen LogP contribution is -1.80. The molecule has 0 atom stereocenters. The summed E-state index contributed by atoms with van der Waals surface area (Å²) < 4.78 is 2.88. The number of nitrogen functional groups attached to an aromatic ring is 1. The average molecular weight is 263 g/mol. The van der Waals surface area contributed by atoms with Gasteiger partial charge in [-0.2, -0.15) is 0 Å². The molecule has 0 saturated carbocycles. The SMILES string of the molecule is Nc1nnc(SCc2cn3ccccc3n2)s1. The molecule has 2 N–H and O–H groups in total. The van der Waals surface area contributed by atoms with Crippen LogP contribution in [0.3, 0.4) is 0 Å². The van der Waals surface area contributed by atoms with Crippen LogP contribution in [-0.4, -0.2) is 19.6 Å². The first-order valence-corrected chi connectivity index (χ1v) is 6.76. The molecule has 0 aliphatic carbocycles. The van der Waals surface area contributed by atoms with Crippen molar-refractivity contribution >= 4 is 33.9 Å². The third-order valence-corrected chi connectivity index (χ3v) is 4.10. The number of imidazole rings is 1. The fourth-order valence-corrected chi connectivity index (χ4v) is 2.99. The third kappa shape index (κ3) is 2.25. The van der Waals surface area contributed by atoms with Crippen molar-refractivity contribution in [1.82, 2.24) is 19.6 Å². The van der Waals surface area contributed by atoms with Crippen LogP contribution < -0.4 is 5.73 Å². The van der Waals surface area contributed by atoms with Gasteiger partial charge in [0.2, 0.25) is 5.13 Å². The number of hydrogen-bond acceptors (Lipinski definition) is 6. The number of rotatable bonds is 3. The molecule has 5 nitrogen and oxygen atoms in total. The molecule has 0 spiro atoms. The summed E-state index contributed by atoms with van der Waals surface area (Å²) >= 11 is 3.00. The maximum absolute atomic E-state index is 5.52. The Morgan fingerprint density at radius 3 is 3.06 bits per heavy atom. The molecule has 0 aliphatic rings. The van der Waals surface area contributed by atoms with E-state index in [0.717, 1.165) is 21.4 Å². The Morgan fingerprint density at radius 2 is 2.29 bits per heavy atom. The molecule has 3 rings (SSSR count). The lowest BCUT2D eigenvalue weighted by molar-refractivity contribution is 1.02. The van der Waals surface area contributed by atoms with E-state index in [1.807, 2.05) is 35.0 Å². The Morgan fingerprint density at radius 1 is 1.35 bits per heavy atom. The monoisotopic (exact) mass is 263 g/mol. The fraction of sp³-hybridized carbons (Fsp3) is 0.100. The highest BCUT2D eigenvalue weighted by atomic mass is 32.2. The first kappa shape index (κ1) is 10.5. The fourth-order valence-electron chi connectivity index (χ4n) is 1.47. The Labute approximate surface area is 106 Å². The normalized spacial score (nSPS) is 11.1. The minimum Gasteiger partial charge on any atom is -0.374 e. The van der Waals surface area contributed by atoms with E-state index < -0.39 is 0 Å². The van der Waals surface area contributed by atoms with Crippen molar-refractivity contribution in [3.05, 3.63) is 36.3 Å². The van der Waals surface area contributed by atoms with Crippen LogP contribution in [0.2, 0.25) is 0 Å². The molecule has 7 heteroatoms. The quantitative estimate of drug-likeness (QED) is 0.732. The molecule has 0 aliphatic heterocycles. The van der Waals surface area contributed by atoms with Gasteiger partial charge >= 0.3 is 0 Å². The summed E-state index contributed by atoms with van der Waals surface area (Å²) in [6, 6.07) is 5.94. The molecule has 86 valence electrons. The molecule has 0 saturated heterocycles. The van der Waals surface area contributed by atoms with Gasteiger partial charge in [0.1, 0.15) is 5.65 Å². The number of fused-ring (bicyclic) bond motifs is 1. The Hall–Kier alpha value is -1.60. The highest BCUT2D eigenvalue weighted by Crippen LogP contribution is 2.26. The van der Waals surface area contributed by atoms with Gasteiger partial charge in [0, 0.05) is 18.1 Å². The van der Waals surface area contributed by atoms with E-state index in [1.54, 1.807) is 11.8 Å². The number of nitrogens with zero attached hydrogens (tertiary/aromatic N) is 4. The number of anilines is 1. The van der Waals surface area contributed by atoms with Crippen molar-refractivity contribution in [2.45, 2.75) is 10.1 Å². The van der Waals surface area contributed by atoms with Crippen molar-refractivity contribution in [3.63, 3.8) is 0 Å². The third-order valence-electron chi connectivity index (χ3n) is 2.18. The molecule has 0 bridgehead atoms. The standard InChI is InChI=1S/C10H9N5S2/c11-9-13-14-10(17-9)16-6-7-5-15-4-2-1-3-8(15)12-7/h1-5H,6H2,(H2,11,13). The zero-order chi connectivity index (χ0) is 11.7. The number of nitrogens with two attached hydrogens (primary N) is 1. The summed E-state index contributed by atoms with van der Waals surface area (Å²) in [4.78, 5) is 4.50. The van der Waals surface area contributed by atoms with Gasteiger partial charge in [-0.25, -0.2) is 4.98 Å². The van der Waals surface area contributed by atoms with Crippen LogP contribution in [-0.2, 0) is 5.75 Å². The number of aromatic nitrogens is 4. The Bertz CT molecular complexity index is 612. The van der Waals surface area contributed by atoms with Crippen LogP contribution >= 0.6 is 23.1 Å². The molecule has 3 heterocycles. The first-order chi connectivity index (χ1) is 8.31. The maximum atomic E-state index is 5.52. The van der Waals surface area contributed by atoms with Crippen LogP contribution in [0.1, 0.15) is 5.69 Å². The molecule has 0 aromatic carbocycles. The van der Waals surface area contributed by atoms with E-state index in [9.17, 15) is 0 Å². The van der Waals surface area contributed by atoms with Gasteiger partial charge in [0.15, 0.2) is 4.34 Å². The summed E-state index contributed by atoms with van der Waals surface area (Å²) in [6.07, 6.45) is 4.01. The van der Waals surface area contributed by atoms with Gasteiger partial charge in [-0.1, -0.05) is 29.2 Å². The number of hydrogen-bond donors (Lipinski definition) is 1. The average Bonchev–Trinajstić information content (AvgIpc) is 2.91.